The third-order valence-corrected chi connectivity index (χ3v) is 11.8. The summed E-state index contributed by atoms with van der Waals surface area (Å²) >= 11 is 0. The third-order valence-electron chi connectivity index (χ3n) is 10.8. The Bertz CT molecular complexity index is 1190. The molecule has 0 rings (SSSR count). The standard InChI is InChI=1S/C52H96NO8P/c1-6-8-10-12-14-16-18-20-22-24-25-26-27-29-31-33-35-37-39-41-43-45-52(55)61-50(49-60-62(56,57)59-47-46-53(3,4)5)48-58-51(54)44-42-40-38-36-34-32-30-28-23-21-19-17-15-13-11-9-7-2/h18,20-21,23-25,27,29,50H,6-17,19,22,26,28,30-49H2,1-5H3/b20-18-,23-21-,25-24-,29-27-. The van der Waals surface area contributed by atoms with Crippen LogP contribution in [-0.4, -0.2) is 70.0 Å². The molecule has 2 unspecified atom stereocenters. The zero-order valence-electron chi connectivity index (χ0n) is 40.8. The van der Waals surface area contributed by atoms with E-state index in [9.17, 15) is 19.0 Å². The number of rotatable bonds is 46. The first-order valence-electron chi connectivity index (χ1n) is 25.3. The number of carbonyl (C=O) groups is 2. The van der Waals surface area contributed by atoms with Crippen molar-refractivity contribution in [2.75, 3.05) is 47.5 Å². The molecule has 0 aliphatic rings. The largest absolute Gasteiger partial charge is 0.756 e. The lowest BCUT2D eigenvalue weighted by atomic mass is 10.1. The van der Waals surface area contributed by atoms with Crippen LogP contribution in [-0.2, 0) is 32.7 Å². The maximum Gasteiger partial charge on any atom is 0.306 e. The van der Waals surface area contributed by atoms with E-state index in [1.165, 1.54) is 103 Å². The number of esters is 2. The van der Waals surface area contributed by atoms with E-state index in [2.05, 4.69) is 62.5 Å². The number of hydrogen-bond acceptors (Lipinski definition) is 8. The molecule has 362 valence electrons. The highest BCUT2D eigenvalue weighted by molar-refractivity contribution is 7.45. The van der Waals surface area contributed by atoms with Gasteiger partial charge in [0.05, 0.1) is 27.7 Å². The molecule has 62 heavy (non-hydrogen) atoms. The van der Waals surface area contributed by atoms with Crippen LogP contribution in [0.3, 0.4) is 0 Å². The molecule has 0 N–H and O–H groups in total. The molecule has 2 atom stereocenters. The van der Waals surface area contributed by atoms with Gasteiger partial charge in [0.15, 0.2) is 6.10 Å². The van der Waals surface area contributed by atoms with Crippen molar-refractivity contribution in [3.63, 3.8) is 0 Å². The van der Waals surface area contributed by atoms with Crippen LogP contribution in [0.1, 0.15) is 219 Å². The SMILES string of the molecule is CCCCCCC/C=C\C/C=C\C/C=C\CCCCCCCCC(=O)OC(COC(=O)CCCCCCCCC/C=C\CCCCCCCC)COP(=O)([O-])OCC[N+](C)(C)C. The van der Waals surface area contributed by atoms with Gasteiger partial charge in [0.1, 0.15) is 19.8 Å². The van der Waals surface area contributed by atoms with Crippen molar-refractivity contribution in [3.8, 4) is 0 Å². The number of ether oxygens (including phenoxy) is 2. The number of phosphoric ester groups is 1. The normalized spacial score (nSPS) is 13.8. The number of quaternary nitrogens is 1. The quantitative estimate of drug-likeness (QED) is 0.0195. The number of nitrogens with zero attached hydrogens (tertiary/aromatic N) is 1. The fourth-order valence-corrected chi connectivity index (χ4v) is 7.56. The van der Waals surface area contributed by atoms with E-state index < -0.39 is 32.5 Å². The first-order chi connectivity index (χ1) is 30.0. The second-order valence-electron chi connectivity index (χ2n) is 18.2. The fraction of sp³-hybridized carbons (Fsp3) is 0.808. The fourth-order valence-electron chi connectivity index (χ4n) is 6.83. The highest BCUT2D eigenvalue weighted by Gasteiger charge is 2.21. The molecule has 0 heterocycles. The molecule has 10 heteroatoms. The highest BCUT2D eigenvalue weighted by Crippen LogP contribution is 2.38. The van der Waals surface area contributed by atoms with Gasteiger partial charge in [-0.25, -0.2) is 0 Å². The lowest BCUT2D eigenvalue weighted by Crippen LogP contribution is -2.37. The Balaban J connectivity index is 4.31. The first kappa shape index (κ1) is 60.0. The van der Waals surface area contributed by atoms with Gasteiger partial charge < -0.3 is 27.9 Å². The molecule has 0 bridgehead atoms. The third kappa shape index (κ3) is 47.4. The van der Waals surface area contributed by atoms with Crippen LogP contribution in [0.4, 0.5) is 0 Å². The minimum absolute atomic E-state index is 0.0354. The molecular weight excluding hydrogens is 798 g/mol. The number of allylic oxidation sites excluding steroid dienone is 8. The summed E-state index contributed by atoms with van der Waals surface area (Å²) in [5.74, 6) is -0.851. The summed E-state index contributed by atoms with van der Waals surface area (Å²) in [6, 6.07) is 0. The Kier molecular flexibility index (Phi) is 42.7. The molecule has 0 spiro atoms. The number of phosphoric acid groups is 1. The van der Waals surface area contributed by atoms with E-state index in [0.717, 1.165) is 83.5 Å². The van der Waals surface area contributed by atoms with Crippen LogP contribution in [0.25, 0.3) is 0 Å². The van der Waals surface area contributed by atoms with Crippen molar-refractivity contribution in [2.24, 2.45) is 0 Å². The number of carbonyl (C=O) groups excluding carboxylic acids is 2. The van der Waals surface area contributed by atoms with Crippen LogP contribution in [0.5, 0.6) is 0 Å². The van der Waals surface area contributed by atoms with E-state index in [-0.39, 0.29) is 26.1 Å². The summed E-state index contributed by atoms with van der Waals surface area (Å²) in [6.45, 7) is 4.21. The van der Waals surface area contributed by atoms with E-state index in [4.69, 9.17) is 18.5 Å². The first-order valence-corrected chi connectivity index (χ1v) is 26.8. The monoisotopic (exact) mass is 894 g/mol. The predicted molar refractivity (Wildman–Crippen MR) is 259 cm³/mol. The van der Waals surface area contributed by atoms with Gasteiger partial charge in [-0.3, -0.25) is 14.2 Å². The minimum Gasteiger partial charge on any atom is -0.756 e. The van der Waals surface area contributed by atoms with Gasteiger partial charge in [-0.1, -0.05) is 178 Å². The van der Waals surface area contributed by atoms with Crippen molar-refractivity contribution >= 4 is 19.8 Å². The molecule has 0 aliphatic carbocycles. The number of unbranched alkanes of at least 4 members (excludes halogenated alkanes) is 24. The van der Waals surface area contributed by atoms with Gasteiger partial charge >= 0.3 is 11.9 Å². The average Bonchev–Trinajstić information content (AvgIpc) is 3.23. The van der Waals surface area contributed by atoms with Crippen LogP contribution >= 0.6 is 7.82 Å². The maximum absolute atomic E-state index is 12.7. The summed E-state index contributed by atoms with van der Waals surface area (Å²) < 4.78 is 34.0. The Morgan fingerprint density at radius 3 is 1.31 bits per heavy atom. The molecule has 0 aromatic rings. The van der Waals surface area contributed by atoms with Gasteiger partial charge in [-0.2, -0.15) is 0 Å². The summed E-state index contributed by atoms with van der Waals surface area (Å²) in [4.78, 5) is 37.7. The van der Waals surface area contributed by atoms with Crippen molar-refractivity contribution in [1.82, 2.24) is 0 Å². The Morgan fingerprint density at radius 2 is 0.871 bits per heavy atom. The zero-order chi connectivity index (χ0) is 45.7. The topological polar surface area (TPSA) is 111 Å². The molecule has 9 nitrogen and oxygen atoms in total. The molecular formula is C52H96NO8P. The molecule has 0 saturated heterocycles. The minimum atomic E-state index is -4.64. The molecule has 0 saturated carbocycles. The molecule has 0 aliphatic heterocycles. The summed E-state index contributed by atoms with van der Waals surface area (Å²) in [6.07, 6.45) is 52.8. The maximum atomic E-state index is 12.7. The van der Waals surface area contributed by atoms with Crippen LogP contribution in [0, 0.1) is 0 Å². The molecule has 0 amide bonds. The van der Waals surface area contributed by atoms with Gasteiger partial charge in [-0.05, 0) is 77.0 Å². The van der Waals surface area contributed by atoms with Crippen LogP contribution in [0.15, 0.2) is 48.6 Å². The van der Waals surface area contributed by atoms with Gasteiger partial charge in [0, 0.05) is 12.8 Å². The Hall–Kier alpha value is -2.03. The summed E-state index contributed by atoms with van der Waals surface area (Å²) in [5, 5.41) is 0. The summed E-state index contributed by atoms with van der Waals surface area (Å²) in [5.41, 5.74) is 0. The van der Waals surface area contributed by atoms with Crippen molar-refractivity contribution < 1.29 is 42.1 Å². The number of hydrogen-bond donors (Lipinski definition) is 0. The van der Waals surface area contributed by atoms with E-state index in [0.29, 0.717) is 17.4 Å². The zero-order valence-corrected chi connectivity index (χ0v) is 41.7. The van der Waals surface area contributed by atoms with Crippen LogP contribution in [0.2, 0.25) is 0 Å². The van der Waals surface area contributed by atoms with E-state index in [1.807, 2.05) is 21.1 Å². The molecule has 0 radical (unpaired) electrons. The molecule has 0 aromatic heterocycles. The van der Waals surface area contributed by atoms with Crippen molar-refractivity contribution in [1.29, 1.82) is 0 Å². The van der Waals surface area contributed by atoms with E-state index >= 15 is 0 Å². The molecule has 0 fully saturated rings. The second-order valence-corrected chi connectivity index (χ2v) is 19.6. The highest BCUT2D eigenvalue weighted by atomic mass is 31.2. The smallest absolute Gasteiger partial charge is 0.306 e. The average molecular weight is 894 g/mol. The van der Waals surface area contributed by atoms with E-state index in [1.54, 1.807) is 0 Å². The second kappa shape index (κ2) is 44.2. The Labute approximate surface area is 382 Å². The van der Waals surface area contributed by atoms with Gasteiger partial charge in [0.2, 0.25) is 0 Å². The summed E-state index contributed by atoms with van der Waals surface area (Å²) in [7, 11) is 1.15. The lowest BCUT2D eigenvalue weighted by molar-refractivity contribution is -0.870. The van der Waals surface area contributed by atoms with Crippen LogP contribution < -0.4 is 4.89 Å². The van der Waals surface area contributed by atoms with Crippen molar-refractivity contribution in [3.05, 3.63) is 48.6 Å². The molecule has 0 aromatic carbocycles. The van der Waals surface area contributed by atoms with Crippen molar-refractivity contribution in [2.45, 2.75) is 225 Å². The predicted octanol–water partition coefficient (Wildman–Crippen LogP) is 14.4. The Morgan fingerprint density at radius 1 is 0.500 bits per heavy atom. The van der Waals surface area contributed by atoms with Gasteiger partial charge in [-0.15, -0.1) is 0 Å². The lowest BCUT2D eigenvalue weighted by Gasteiger charge is -2.28. The number of likely N-dealkylation sites (N-methyl/N-ethyl adjacent to an activating group) is 1. The van der Waals surface area contributed by atoms with Gasteiger partial charge in [0.25, 0.3) is 7.82 Å².